The van der Waals surface area contributed by atoms with Crippen LogP contribution in [-0.2, 0) is 4.74 Å². The lowest BCUT2D eigenvalue weighted by molar-refractivity contribution is 0.157. The van der Waals surface area contributed by atoms with Crippen LogP contribution in [0.15, 0.2) is 4.99 Å². The molecule has 1 unspecified atom stereocenters. The Morgan fingerprint density at radius 3 is 2.64 bits per heavy atom. The molecule has 2 heterocycles. The van der Waals surface area contributed by atoms with E-state index in [0.717, 1.165) is 32.2 Å². The highest BCUT2D eigenvalue weighted by Gasteiger charge is 2.24. The number of likely N-dealkylation sites (tertiary alicyclic amines) is 2. The fourth-order valence-electron chi connectivity index (χ4n) is 3.59. The summed E-state index contributed by atoms with van der Waals surface area (Å²) >= 11 is 0. The zero-order valence-corrected chi connectivity index (χ0v) is 14.5. The van der Waals surface area contributed by atoms with Gasteiger partial charge in [0.1, 0.15) is 0 Å². The Labute approximate surface area is 136 Å². The third-order valence-corrected chi connectivity index (χ3v) is 4.83. The Bertz CT molecular complexity index is 327. The van der Waals surface area contributed by atoms with Gasteiger partial charge in [0, 0.05) is 39.7 Å². The van der Waals surface area contributed by atoms with E-state index in [2.05, 4.69) is 20.1 Å². The molecule has 2 saturated heterocycles. The van der Waals surface area contributed by atoms with E-state index in [1.54, 1.807) is 7.11 Å². The van der Waals surface area contributed by atoms with Crippen LogP contribution >= 0.6 is 0 Å². The highest BCUT2D eigenvalue weighted by molar-refractivity contribution is 5.80. The molecule has 1 N–H and O–H groups in total. The first-order valence-electron chi connectivity index (χ1n) is 9.00. The quantitative estimate of drug-likeness (QED) is 0.461. The molecular weight excluding hydrogens is 276 g/mol. The van der Waals surface area contributed by atoms with E-state index in [1.807, 2.05) is 7.05 Å². The lowest BCUT2D eigenvalue weighted by Gasteiger charge is -2.23. The van der Waals surface area contributed by atoms with Gasteiger partial charge < -0.3 is 19.9 Å². The molecule has 2 fully saturated rings. The van der Waals surface area contributed by atoms with Gasteiger partial charge in [0.15, 0.2) is 5.96 Å². The van der Waals surface area contributed by atoms with Gasteiger partial charge in [-0.2, -0.15) is 0 Å². The molecule has 0 saturated carbocycles. The van der Waals surface area contributed by atoms with Crippen molar-refractivity contribution in [3.05, 3.63) is 0 Å². The molecule has 5 heteroatoms. The van der Waals surface area contributed by atoms with E-state index in [0.29, 0.717) is 5.92 Å². The van der Waals surface area contributed by atoms with Crippen LogP contribution in [0.25, 0.3) is 0 Å². The summed E-state index contributed by atoms with van der Waals surface area (Å²) in [7, 11) is 3.68. The van der Waals surface area contributed by atoms with Crippen LogP contribution in [0.5, 0.6) is 0 Å². The van der Waals surface area contributed by atoms with E-state index in [4.69, 9.17) is 4.74 Å². The number of ether oxygens (including phenoxy) is 1. The van der Waals surface area contributed by atoms with Gasteiger partial charge >= 0.3 is 0 Å². The first-order valence-corrected chi connectivity index (χ1v) is 9.00. The molecule has 0 spiro atoms. The zero-order chi connectivity index (χ0) is 15.6. The maximum atomic E-state index is 5.27. The summed E-state index contributed by atoms with van der Waals surface area (Å²) in [5.74, 6) is 1.72. The lowest BCUT2D eigenvalue weighted by atomic mass is 10.1. The number of rotatable bonds is 6. The molecule has 0 radical (unpaired) electrons. The van der Waals surface area contributed by atoms with Crippen molar-refractivity contribution in [3.63, 3.8) is 0 Å². The van der Waals surface area contributed by atoms with Crippen molar-refractivity contribution in [3.8, 4) is 0 Å². The topological polar surface area (TPSA) is 40.1 Å². The van der Waals surface area contributed by atoms with Crippen LogP contribution in [0.3, 0.4) is 0 Å². The third-order valence-electron chi connectivity index (χ3n) is 4.83. The van der Waals surface area contributed by atoms with Gasteiger partial charge in [-0.05, 0) is 45.3 Å². The van der Waals surface area contributed by atoms with Crippen LogP contribution in [0.1, 0.15) is 38.5 Å². The molecule has 128 valence electrons. The van der Waals surface area contributed by atoms with Gasteiger partial charge in [-0.15, -0.1) is 0 Å². The van der Waals surface area contributed by atoms with Gasteiger partial charge in [0.25, 0.3) is 0 Å². The lowest BCUT2D eigenvalue weighted by Crippen LogP contribution is -2.41. The highest BCUT2D eigenvalue weighted by Crippen LogP contribution is 2.16. The first-order chi connectivity index (χ1) is 10.8. The monoisotopic (exact) mass is 310 g/mol. The van der Waals surface area contributed by atoms with Crippen LogP contribution in [0.4, 0.5) is 0 Å². The minimum atomic E-state index is 0.653. The molecule has 0 aliphatic carbocycles. The van der Waals surface area contributed by atoms with Crippen LogP contribution in [0.2, 0.25) is 0 Å². The number of hydrogen-bond acceptors (Lipinski definition) is 3. The highest BCUT2D eigenvalue weighted by atomic mass is 16.5. The molecule has 5 nitrogen and oxygen atoms in total. The first kappa shape index (κ1) is 17.5. The second-order valence-corrected chi connectivity index (χ2v) is 6.64. The van der Waals surface area contributed by atoms with Crippen molar-refractivity contribution >= 4 is 5.96 Å². The zero-order valence-electron chi connectivity index (χ0n) is 14.5. The van der Waals surface area contributed by atoms with Crippen LogP contribution < -0.4 is 5.32 Å². The van der Waals surface area contributed by atoms with Crippen LogP contribution in [0, 0.1) is 5.92 Å². The van der Waals surface area contributed by atoms with Gasteiger partial charge in [-0.3, -0.25) is 4.99 Å². The fraction of sp³-hybridized carbons (Fsp3) is 0.941. The summed E-state index contributed by atoms with van der Waals surface area (Å²) in [6.07, 6.45) is 8.00. The number of nitrogens with zero attached hydrogens (tertiary/aromatic N) is 3. The second kappa shape index (κ2) is 10.1. The van der Waals surface area contributed by atoms with Crippen molar-refractivity contribution < 1.29 is 4.74 Å². The Hall–Kier alpha value is -0.810. The van der Waals surface area contributed by atoms with Crippen LogP contribution in [-0.4, -0.2) is 75.8 Å². The molecule has 22 heavy (non-hydrogen) atoms. The molecule has 0 aromatic rings. The van der Waals surface area contributed by atoms with Crippen molar-refractivity contribution in [2.24, 2.45) is 10.9 Å². The van der Waals surface area contributed by atoms with Gasteiger partial charge in [-0.25, -0.2) is 0 Å². The third kappa shape index (κ3) is 5.76. The van der Waals surface area contributed by atoms with Crippen molar-refractivity contribution in [2.45, 2.75) is 38.5 Å². The van der Waals surface area contributed by atoms with E-state index in [1.165, 1.54) is 58.2 Å². The van der Waals surface area contributed by atoms with Gasteiger partial charge in [0.2, 0.25) is 0 Å². The average Bonchev–Trinajstić information content (AvgIpc) is 2.83. The molecule has 0 amide bonds. The average molecular weight is 310 g/mol. The fourth-order valence-corrected chi connectivity index (χ4v) is 3.59. The number of guanidine groups is 1. The predicted molar refractivity (Wildman–Crippen MR) is 92.4 cm³/mol. The SMILES string of the molecule is CN=C(NCCCN1CCCCCC1)N1CCC(COC)C1. The normalized spacial score (nSPS) is 24.5. The summed E-state index contributed by atoms with van der Waals surface area (Å²) in [5.41, 5.74) is 0. The van der Waals surface area contributed by atoms with Crippen molar-refractivity contribution in [2.75, 3.05) is 60.0 Å². The molecule has 2 rings (SSSR count). The number of methoxy groups -OCH3 is 1. The minimum Gasteiger partial charge on any atom is -0.384 e. The molecule has 2 aliphatic rings. The predicted octanol–water partition coefficient (Wildman–Crippen LogP) is 1.80. The molecule has 0 aromatic carbocycles. The van der Waals surface area contributed by atoms with E-state index < -0.39 is 0 Å². The van der Waals surface area contributed by atoms with E-state index >= 15 is 0 Å². The van der Waals surface area contributed by atoms with Crippen molar-refractivity contribution in [1.82, 2.24) is 15.1 Å². The Kier molecular flexibility index (Phi) is 8.02. The maximum Gasteiger partial charge on any atom is 0.193 e. The van der Waals surface area contributed by atoms with E-state index in [-0.39, 0.29) is 0 Å². The number of hydrogen-bond donors (Lipinski definition) is 1. The largest absolute Gasteiger partial charge is 0.384 e. The summed E-state index contributed by atoms with van der Waals surface area (Å²) in [6, 6.07) is 0. The molecule has 0 bridgehead atoms. The summed E-state index contributed by atoms with van der Waals surface area (Å²) < 4.78 is 5.27. The Morgan fingerprint density at radius 2 is 1.95 bits per heavy atom. The molecule has 1 atom stereocenters. The summed E-state index contributed by atoms with van der Waals surface area (Å²) in [4.78, 5) is 9.44. The summed E-state index contributed by atoms with van der Waals surface area (Å²) in [6.45, 7) is 7.85. The maximum absolute atomic E-state index is 5.27. The molecule has 0 aromatic heterocycles. The number of nitrogens with one attached hydrogen (secondary N) is 1. The molecule has 2 aliphatic heterocycles. The van der Waals surface area contributed by atoms with E-state index in [9.17, 15) is 0 Å². The van der Waals surface area contributed by atoms with Gasteiger partial charge in [0.05, 0.1) is 6.61 Å². The van der Waals surface area contributed by atoms with Crippen molar-refractivity contribution in [1.29, 1.82) is 0 Å². The molecular formula is C17H34N4O. The second-order valence-electron chi connectivity index (χ2n) is 6.64. The Morgan fingerprint density at radius 1 is 1.18 bits per heavy atom. The standard InChI is InChI=1S/C17H34N4O/c1-18-17(21-13-8-16(14-21)15-22-2)19-9-7-12-20-10-5-3-4-6-11-20/h16H,3-15H2,1-2H3,(H,18,19). The minimum absolute atomic E-state index is 0.653. The Balaban J connectivity index is 1.62. The van der Waals surface area contributed by atoms with Gasteiger partial charge in [-0.1, -0.05) is 12.8 Å². The summed E-state index contributed by atoms with van der Waals surface area (Å²) in [5, 5.41) is 3.54. The number of aliphatic imine (C=N–C) groups is 1. The smallest absolute Gasteiger partial charge is 0.193 e.